The van der Waals surface area contributed by atoms with E-state index in [2.05, 4.69) is 65.8 Å². The minimum Gasteiger partial charge on any atom is -0.114 e. The molecule has 0 aliphatic rings. The van der Waals surface area contributed by atoms with Crippen LogP contribution < -0.4 is 0 Å². The monoisotopic (exact) mass is 373 g/mol. The van der Waals surface area contributed by atoms with E-state index in [0.717, 1.165) is 11.1 Å². The summed E-state index contributed by atoms with van der Waals surface area (Å²) in [6, 6.07) is 16.4. The SMILES string of the molecule is CC(C)(C)c1ccc(CO[P+](=O)OCc2ccc(C(C)(C)C)cc2)cc1. The summed E-state index contributed by atoms with van der Waals surface area (Å²) in [7, 11) is -2.14. The van der Waals surface area contributed by atoms with Gasteiger partial charge in [-0.15, -0.1) is 9.05 Å². The van der Waals surface area contributed by atoms with Crippen molar-refractivity contribution in [2.24, 2.45) is 0 Å². The van der Waals surface area contributed by atoms with Crippen molar-refractivity contribution >= 4 is 8.25 Å². The van der Waals surface area contributed by atoms with Gasteiger partial charge in [0.25, 0.3) is 0 Å². The Bertz CT molecular complexity index is 656. The molecule has 3 nitrogen and oxygen atoms in total. The number of hydrogen-bond donors (Lipinski definition) is 0. The van der Waals surface area contributed by atoms with Crippen molar-refractivity contribution in [3.8, 4) is 0 Å². The fraction of sp³-hybridized carbons (Fsp3) is 0.455. The van der Waals surface area contributed by atoms with E-state index in [1.165, 1.54) is 11.1 Å². The second kappa shape index (κ2) is 8.43. The highest BCUT2D eigenvalue weighted by molar-refractivity contribution is 7.33. The molecule has 0 spiro atoms. The van der Waals surface area contributed by atoms with Gasteiger partial charge in [-0.3, -0.25) is 0 Å². The van der Waals surface area contributed by atoms with Gasteiger partial charge in [-0.2, -0.15) is 0 Å². The molecule has 0 amide bonds. The van der Waals surface area contributed by atoms with Gasteiger partial charge in [0.2, 0.25) is 0 Å². The van der Waals surface area contributed by atoms with Crippen LogP contribution in [0.1, 0.15) is 63.8 Å². The van der Waals surface area contributed by atoms with Crippen LogP contribution in [-0.4, -0.2) is 0 Å². The molecule has 0 heterocycles. The maximum Gasteiger partial charge on any atom is 0.698 e. The maximum atomic E-state index is 11.9. The average Bonchev–Trinajstić information content (AvgIpc) is 2.57. The molecule has 0 saturated heterocycles. The standard InChI is InChI=1S/C22H30O3P/c1-21(2,3)19-11-7-17(8-12-19)15-24-26(23)25-16-18-9-13-20(14-10-18)22(4,5)6/h7-14H,15-16H2,1-6H3/q+1. The molecule has 140 valence electrons. The molecule has 4 heteroatoms. The van der Waals surface area contributed by atoms with E-state index >= 15 is 0 Å². The zero-order valence-electron chi connectivity index (χ0n) is 16.7. The third-order valence-corrected chi connectivity index (χ3v) is 4.99. The Balaban J connectivity index is 1.80. The molecule has 2 rings (SSSR count). The van der Waals surface area contributed by atoms with E-state index in [1.807, 2.05) is 24.3 Å². The normalized spacial score (nSPS) is 12.2. The van der Waals surface area contributed by atoms with Crippen LogP contribution >= 0.6 is 8.25 Å². The highest BCUT2D eigenvalue weighted by atomic mass is 31.1. The van der Waals surface area contributed by atoms with Crippen LogP contribution in [0.2, 0.25) is 0 Å². The zero-order chi connectivity index (χ0) is 19.4. The second-order valence-electron chi connectivity index (χ2n) is 8.66. The van der Waals surface area contributed by atoms with Crippen molar-refractivity contribution in [3.63, 3.8) is 0 Å². The molecule has 0 fully saturated rings. The summed E-state index contributed by atoms with van der Waals surface area (Å²) in [5.41, 5.74) is 4.74. The van der Waals surface area contributed by atoms with Gasteiger partial charge in [0.05, 0.1) is 0 Å². The van der Waals surface area contributed by atoms with Gasteiger partial charge in [0.1, 0.15) is 13.2 Å². The minimum atomic E-state index is -2.14. The molecule has 0 saturated carbocycles. The van der Waals surface area contributed by atoms with E-state index in [1.54, 1.807) is 0 Å². The van der Waals surface area contributed by atoms with Crippen LogP contribution in [0.4, 0.5) is 0 Å². The quantitative estimate of drug-likeness (QED) is 0.530. The Morgan fingerprint density at radius 2 is 0.962 bits per heavy atom. The lowest BCUT2D eigenvalue weighted by Gasteiger charge is -2.18. The lowest BCUT2D eigenvalue weighted by molar-refractivity contribution is 0.213. The molecule has 0 aliphatic heterocycles. The molecule has 0 radical (unpaired) electrons. The fourth-order valence-electron chi connectivity index (χ4n) is 2.49. The molecule has 26 heavy (non-hydrogen) atoms. The summed E-state index contributed by atoms with van der Waals surface area (Å²) >= 11 is 0. The van der Waals surface area contributed by atoms with Gasteiger partial charge >= 0.3 is 8.25 Å². The van der Waals surface area contributed by atoms with Gasteiger partial charge in [0.15, 0.2) is 0 Å². The van der Waals surface area contributed by atoms with Crippen LogP contribution in [0.25, 0.3) is 0 Å². The third-order valence-electron chi connectivity index (χ3n) is 4.31. The number of benzene rings is 2. The first kappa shape index (κ1) is 20.8. The molecule has 0 N–H and O–H groups in total. The Morgan fingerprint density at radius 1 is 0.654 bits per heavy atom. The van der Waals surface area contributed by atoms with Crippen LogP contribution in [0.3, 0.4) is 0 Å². The molecule has 0 aromatic heterocycles. The summed E-state index contributed by atoms with van der Waals surface area (Å²) in [5, 5.41) is 0. The summed E-state index contributed by atoms with van der Waals surface area (Å²) in [6.45, 7) is 13.6. The van der Waals surface area contributed by atoms with E-state index < -0.39 is 8.25 Å². The van der Waals surface area contributed by atoms with Crippen molar-refractivity contribution in [2.75, 3.05) is 0 Å². The fourth-order valence-corrected chi connectivity index (χ4v) is 3.08. The lowest BCUT2D eigenvalue weighted by Crippen LogP contribution is -2.10. The van der Waals surface area contributed by atoms with Crippen LogP contribution in [-0.2, 0) is 37.7 Å². The largest absolute Gasteiger partial charge is 0.698 e. The molecule has 0 atom stereocenters. The Hall–Kier alpha value is -1.54. The smallest absolute Gasteiger partial charge is 0.114 e. The summed E-state index contributed by atoms with van der Waals surface area (Å²) in [5.74, 6) is 0. The molecule has 0 unspecified atom stereocenters. The number of rotatable bonds is 6. The van der Waals surface area contributed by atoms with Gasteiger partial charge in [-0.25, -0.2) is 0 Å². The first-order valence-electron chi connectivity index (χ1n) is 8.97. The molecule has 2 aromatic rings. The summed E-state index contributed by atoms with van der Waals surface area (Å²) in [6.07, 6.45) is 0. The lowest BCUT2D eigenvalue weighted by atomic mass is 9.87. The average molecular weight is 373 g/mol. The van der Waals surface area contributed by atoms with Gasteiger partial charge in [-0.05, 0) is 33.1 Å². The highest BCUT2D eigenvalue weighted by Crippen LogP contribution is 2.29. The van der Waals surface area contributed by atoms with Gasteiger partial charge < -0.3 is 0 Å². The minimum absolute atomic E-state index is 0.121. The first-order chi connectivity index (χ1) is 12.1. The summed E-state index contributed by atoms with van der Waals surface area (Å²) in [4.78, 5) is 0. The van der Waals surface area contributed by atoms with E-state index in [0.29, 0.717) is 0 Å². The van der Waals surface area contributed by atoms with E-state index in [9.17, 15) is 4.57 Å². The van der Waals surface area contributed by atoms with Crippen molar-refractivity contribution in [2.45, 2.75) is 65.6 Å². The number of hydrogen-bond acceptors (Lipinski definition) is 3. The van der Waals surface area contributed by atoms with Gasteiger partial charge in [0, 0.05) is 4.57 Å². The van der Waals surface area contributed by atoms with Gasteiger partial charge in [-0.1, -0.05) is 90.1 Å². The molecular weight excluding hydrogens is 343 g/mol. The molecule has 0 bridgehead atoms. The Kier molecular flexibility index (Phi) is 6.74. The predicted octanol–water partition coefficient (Wildman–Crippen LogP) is 6.67. The van der Waals surface area contributed by atoms with E-state index in [-0.39, 0.29) is 24.0 Å². The van der Waals surface area contributed by atoms with Crippen molar-refractivity contribution in [1.29, 1.82) is 0 Å². The van der Waals surface area contributed by atoms with Crippen molar-refractivity contribution in [3.05, 3.63) is 70.8 Å². The molecule has 2 aromatic carbocycles. The van der Waals surface area contributed by atoms with Crippen molar-refractivity contribution in [1.82, 2.24) is 0 Å². The van der Waals surface area contributed by atoms with Crippen LogP contribution in [0.5, 0.6) is 0 Å². The predicted molar refractivity (Wildman–Crippen MR) is 107 cm³/mol. The van der Waals surface area contributed by atoms with Crippen LogP contribution in [0.15, 0.2) is 48.5 Å². The van der Waals surface area contributed by atoms with Crippen molar-refractivity contribution < 1.29 is 13.6 Å². The van der Waals surface area contributed by atoms with E-state index in [4.69, 9.17) is 9.05 Å². The first-order valence-corrected chi connectivity index (χ1v) is 10.1. The maximum absolute atomic E-state index is 11.9. The molecular formula is C22H30O3P+. The zero-order valence-corrected chi connectivity index (χ0v) is 17.6. The topological polar surface area (TPSA) is 35.5 Å². The summed E-state index contributed by atoms with van der Waals surface area (Å²) < 4.78 is 22.6. The molecule has 0 aliphatic carbocycles. The van der Waals surface area contributed by atoms with Crippen LogP contribution in [0, 0.1) is 0 Å². The Labute approximate surface area is 158 Å². The Morgan fingerprint density at radius 3 is 1.23 bits per heavy atom. The second-order valence-corrected chi connectivity index (χ2v) is 9.63. The third kappa shape index (κ3) is 6.32. The highest BCUT2D eigenvalue weighted by Gasteiger charge is 2.21.